The van der Waals surface area contributed by atoms with E-state index < -0.39 is 0 Å². The summed E-state index contributed by atoms with van der Waals surface area (Å²) < 4.78 is 8.34. The highest BCUT2D eigenvalue weighted by Crippen LogP contribution is 2.44. The maximum absolute atomic E-state index is 12.2. The number of hydrogen-bond acceptors (Lipinski definition) is 5. The molecular weight excluding hydrogens is 366 g/mol. The molecule has 2 aromatic heterocycles. The van der Waals surface area contributed by atoms with E-state index in [-0.39, 0.29) is 17.6 Å². The van der Waals surface area contributed by atoms with Crippen molar-refractivity contribution in [2.45, 2.75) is 51.0 Å². The van der Waals surface area contributed by atoms with Gasteiger partial charge in [-0.15, -0.1) is 0 Å². The van der Waals surface area contributed by atoms with Crippen molar-refractivity contribution in [3.63, 3.8) is 0 Å². The number of nitrogens with zero attached hydrogens (tertiary/aromatic N) is 5. The van der Waals surface area contributed by atoms with Crippen molar-refractivity contribution < 1.29 is 4.52 Å². The Morgan fingerprint density at radius 2 is 2.04 bits per heavy atom. The molecule has 8 heteroatoms. The molecule has 2 heterocycles. The number of benzene rings is 1. The zero-order chi connectivity index (χ0) is 19.0. The Labute approximate surface area is 162 Å². The standard InChI is InChI=1S/C19H22ClN5O2/c1-13-22-25(18(26)24(13)2)12-16-21-17(23-27-16)19(9-4-3-5-10-19)14-7-6-8-15(20)11-14/h6-8,11H,3-5,9-10,12H2,1-2H3. The predicted molar refractivity (Wildman–Crippen MR) is 101 cm³/mol. The average Bonchev–Trinajstić information content (AvgIpc) is 3.24. The molecule has 4 rings (SSSR count). The molecular formula is C19H22ClN5O2. The van der Waals surface area contributed by atoms with Gasteiger partial charge in [0.05, 0.1) is 5.41 Å². The molecule has 3 aromatic rings. The van der Waals surface area contributed by atoms with E-state index in [0.29, 0.717) is 22.6 Å². The van der Waals surface area contributed by atoms with Crippen LogP contribution >= 0.6 is 11.6 Å². The van der Waals surface area contributed by atoms with Crippen LogP contribution in [0.5, 0.6) is 0 Å². The van der Waals surface area contributed by atoms with E-state index in [4.69, 9.17) is 16.1 Å². The Bertz CT molecular complexity index is 1010. The van der Waals surface area contributed by atoms with Crippen LogP contribution < -0.4 is 5.69 Å². The van der Waals surface area contributed by atoms with Gasteiger partial charge in [-0.2, -0.15) is 10.1 Å². The Morgan fingerprint density at radius 3 is 2.70 bits per heavy atom. The van der Waals surface area contributed by atoms with Crippen LogP contribution in [-0.4, -0.2) is 24.5 Å². The molecule has 142 valence electrons. The molecule has 0 spiro atoms. The van der Waals surface area contributed by atoms with Crippen LogP contribution in [0, 0.1) is 6.92 Å². The topological polar surface area (TPSA) is 78.7 Å². The van der Waals surface area contributed by atoms with Gasteiger partial charge >= 0.3 is 5.69 Å². The molecule has 0 unspecified atom stereocenters. The van der Waals surface area contributed by atoms with Crippen LogP contribution in [0.3, 0.4) is 0 Å². The van der Waals surface area contributed by atoms with Gasteiger partial charge in [-0.3, -0.25) is 4.57 Å². The van der Waals surface area contributed by atoms with Gasteiger partial charge in [0.1, 0.15) is 12.4 Å². The second kappa shape index (κ2) is 6.96. The fourth-order valence-electron chi connectivity index (χ4n) is 3.92. The van der Waals surface area contributed by atoms with E-state index in [9.17, 15) is 4.79 Å². The molecule has 0 atom stereocenters. The van der Waals surface area contributed by atoms with Gasteiger partial charge in [0.15, 0.2) is 5.82 Å². The van der Waals surface area contributed by atoms with Crippen molar-refractivity contribution in [1.29, 1.82) is 0 Å². The van der Waals surface area contributed by atoms with Gasteiger partial charge in [0.2, 0.25) is 5.89 Å². The minimum atomic E-state index is -0.296. The lowest BCUT2D eigenvalue weighted by Crippen LogP contribution is -2.32. The maximum Gasteiger partial charge on any atom is 0.346 e. The van der Waals surface area contributed by atoms with E-state index >= 15 is 0 Å². The molecule has 0 amide bonds. The number of aromatic nitrogens is 5. The lowest BCUT2D eigenvalue weighted by atomic mass is 9.69. The second-order valence-electron chi connectivity index (χ2n) is 7.21. The van der Waals surface area contributed by atoms with Crippen molar-refractivity contribution in [2.75, 3.05) is 0 Å². The van der Waals surface area contributed by atoms with E-state index in [2.05, 4.69) is 21.3 Å². The Kier molecular flexibility index (Phi) is 4.63. The Morgan fingerprint density at radius 1 is 1.26 bits per heavy atom. The van der Waals surface area contributed by atoms with Crippen LogP contribution in [0.1, 0.15) is 55.2 Å². The summed E-state index contributed by atoms with van der Waals surface area (Å²) >= 11 is 6.25. The third kappa shape index (κ3) is 3.20. The molecule has 7 nitrogen and oxygen atoms in total. The fourth-order valence-corrected chi connectivity index (χ4v) is 4.11. The molecule has 27 heavy (non-hydrogen) atoms. The van der Waals surface area contributed by atoms with Crippen molar-refractivity contribution in [1.82, 2.24) is 24.5 Å². The quantitative estimate of drug-likeness (QED) is 0.686. The lowest BCUT2D eigenvalue weighted by Gasteiger charge is -2.35. The highest BCUT2D eigenvalue weighted by atomic mass is 35.5. The highest BCUT2D eigenvalue weighted by Gasteiger charge is 2.40. The number of halogens is 1. The molecule has 0 bridgehead atoms. The first-order valence-corrected chi connectivity index (χ1v) is 9.57. The van der Waals surface area contributed by atoms with Crippen molar-refractivity contribution in [3.8, 4) is 0 Å². The first kappa shape index (κ1) is 18.0. The normalized spacial score (nSPS) is 16.6. The van der Waals surface area contributed by atoms with Crippen LogP contribution in [-0.2, 0) is 19.0 Å². The van der Waals surface area contributed by atoms with Crippen LogP contribution in [0.2, 0.25) is 5.02 Å². The van der Waals surface area contributed by atoms with E-state index in [1.54, 1.807) is 14.0 Å². The molecule has 1 aliphatic carbocycles. The Balaban J connectivity index is 1.70. The fraction of sp³-hybridized carbons (Fsp3) is 0.474. The maximum atomic E-state index is 12.2. The smallest absolute Gasteiger partial charge is 0.337 e. The summed E-state index contributed by atoms with van der Waals surface area (Å²) in [4.78, 5) is 16.8. The molecule has 1 aromatic carbocycles. The summed E-state index contributed by atoms with van der Waals surface area (Å²) in [6.45, 7) is 1.95. The molecule has 1 fully saturated rings. The second-order valence-corrected chi connectivity index (χ2v) is 7.65. The van der Waals surface area contributed by atoms with Crippen LogP contribution in [0.25, 0.3) is 0 Å². The minimum absolute atomic E-state index is 0.166. The van der Waals surface area contributed by atoms with Gasteiger partial charge in [0, 0.05) is 12.1 Å². The first-order valence-electron chi connectivity index (χ1n) is 9.19. The van der Waals surface area contributed by atoms with E-state index in [0.717, 1.165) is 31.2 Å². The van der Waals surface area contributed by atoms with Crippen LogP contribution in [0.15, 0.2) is 33.6 Å². The van der Waals surface area contributed by atoms with E-state index in [1.807, 2.05) is 18.2 Å². The van der Waals surface area contributed by atoms with E-state index in [1.165, 1.54) is 15.7 Å². The third-order valence-electron chi connectivity index (χ3n) is 5.52. The zero-order valence-corrected chi connectivity index (χ0v) is 16.2. The third-order valence-corrected chi connectivity index (χ3v) is 5.76. The summed E-state index contributed by atoms with van der Waals surface area (Å²) in [7, 11) is 1.69. The summed E-state index contributed by atoms with van der Waals surface area (Å²) in [6, 6.07) is 7.92. The largest absolute Gasteiger partial charge is 0.346 e. The molecule has 0 N–H and O–H groups in total. The highest BCUT2D eigenvalue weighted by molar-refractivity contribution is 6.30. The average molecular weight is 388 g/mol. The molecule has 0 saturated heterocycles. The summed E-state index contributed by atoms with van der Waals surface area (Å²) in [6.07, 6.45) is 5.32. The predicted octanol–water partition coefficient (Wildman–Crippen LogP) is 3.23. The monoisotopic (exact) mass is 387 g/mol. The zero-order valence-electron chi connectivity index (χ0n) is 15.5. The molecule has 1 aliphatic rings. The first-order chi connectivity index (χ1) is 13.0. The van der Waals surface area contributed by atoms with Gasteiger partial charge in [-0.1, -0.05) is 48.2 Å². The van der Waals surface area contributed by atoms with Crippen molar-refractivity contribution >= 4 is 11.6 Å². The lowest BCUT2D eigenvalue weighted by molar-refractivity contribution is 0.306. The van der Waals surface area contributed by atoms with Gasteiger partial charge in [-0.25, -0.2) is 9.48 Å². The van der Waals surface area contributed by atoms with Crippen LogP contribution in [0.4, 0.5) is 0 Å². The molecule has 0 radical (unpaired) electrons. The minimum Gasteiger partial charge on any atom is -0.337 e. The van der Waals surface area contributed by atoms with Gasteiger partial charge in [0.25, 0.3) is 0 Å². The van der Waals surface area contributed by atoms with Gasteiger partial charge in [-0.05, 0) is 37.5 Å². The SMILES string of the molecule is Cc1nn(Cc2nc(C3(c4cccc(Cl)c4)CCCCC3)no2)c(=O)n1C. The number of rotatable bonds is 4. The summed E-state index contributed by atoms with van der Waals surface area (Å²) in [5.74, 6) is 1.69. The van der Waals surface area contributed by atoms with Crippen molar-refractivity contribution in [2.24, 2.45) is 7.05 Å². The summed E-state index contributed by atoms with van der Waals surface area (Å²) in [5, 5.41) is 9.24. The van der Waals surface area contributed by atoms with Crippen molar-refractivity contribution in [3.05, 3.63) is 62.9 Å². The molecule has 0 aliphatic heterocycles. The van der Waals surface area contributed by atoms with Gasteiger partial charge < -0.3 is 4.52 Å². The number of aryl methyl sites for hydroxylation is 1. The Hall–Kier alpha value is -2.41. The summed E-state index contributed by atoms with van der Waals surface area (Å²) in [5.41, 5.74) is 0.623. The number of hydrogen-bond donors (Lipinski definition) is 0. The molecule has 1 saturated carbocycles.